The fourth-order valence-corrected chi connectivity index (χ4v) is 9.44. The minimum absolute atomic E-state index is 0.0247. The van der Waals surface area contributed by atoms with E-state index in [2.05, 4.69) is 44.3 Å². The van der Waals surface area contributed by atoms with Gasteiger partial charge in [-0.05, 0) is 64.2 Å². The lowest BCUT2D eigenvalue weighted by molar-refractivity contribution is -0.305. The van der Waals surface area contributed by atoms with Crippen LogP contribution in [0.5, 0.6) is 0 Å². The van der Waals surface area contributed by atoms with Gasteiger partial charge in [0, 0.05) is 6.42 Å². The fraction of sp³-hybridized carbons (Fsp3) is 0.758. The van der Waals surface area contributed by atoms with Crippen LogP contribution in [0.15, 0.2) is 85.1 Å². The van der Waals surface area contributed by atoms with Gasteiger partial charge in [0.1, 0.15) is 24.4 Å². The molecule has 1 aliphatic heterocycles. The number of aliphatic hydroxyl groups is 5. The molecule has 0 aromatic heterocycles. The number of ether oxygens (including phenoxy) is 3. The molecular formula is C66H115NO10. The summed E-state index contributed by atoms with van der Waals surface area (Å²) in [6.07, 6.45) is 59.3. The minimum atomic E-state index is -1.65. The highest BCUT2D eigenvalue weighted by Crippen LogP contribution is 2.26. The van der Waals surface area contributed by atoms with Gasteiger partial charge in [-0.15, -0.1) is 0 Å². The number of hydrogen-bond donors (Lipinski definition) is 6. The second-order valence-electron chi connectivity index (χ2n) is 21.5. The molecule has 11 heteroatoms. The van der Waals surface area contributed by atoms with E-state index in [4.69, 9.17) is 14.2 Å². The number of allylic oxidation sites excluding steroid dienone is 13. The van der Waals surface area contributed by atoms with E-state index < -0.39 is 67.4 Å². The number of unbranched alkanes of at least 4 members (excludes halogenated alkanes) is 30. The predicted octanol–water partition coefficient (Wildman–Crippen LogP) is 14.9. The Bertz CT molecular complexity index is 1570. The van der Waals surface area contributed by atoms with Crippen LogP contribution in [0.3, 0.4) is 0 Å². The average Bonchev–Trinajstić information content (AvgIpc) is 3.43. The Morgan fingerprint density at radius 2 is 0.948 bits per heavy atom. The SMILES string of the molecule is CC/C=C/C=C/C=C\C=C/C=C/CCCC(=O)OC1C(OCC(NC(=O)C(O)CCCCCCCCCCCCCC/C=C/CCCCCCCC)C(O)/C=C/CCCCCCCCCCCCC)OC(CO)C(O)C1O. The summed E-state index contributed by atoms with van der Waals surface area (Å²) in [6, 6.07) is -1.04. The predicted molar refractivity (Wildman–Crippen MR) is 319 cm³/mol. The number of nitrogens with one attached hydrogen (secondary N) is 1. The van der Waals surface area contributed by atoms with E-state index in [1.807, 2.05) is 60.8 Å². The van der Waals surface area contributed by atoms with Gasteiger partial charge in [0.05, 0.1) is 25.4 Å². The summed E-state index contributed by atoms with van der Waals surface area (Å²) < 4.78 is 17.5. The third kappa shape index (κ3) is 41.5. The van der Waals surface area contributed by atoms with Gasteiger partial charge in [0.15, 0.2) is 12.4 Å². The Kier molecular flexibility index (Phi) is 49.9. The molecule has 1 amide bonds. The molecule has 0 aromatic carbocycles. The van der Waals surface area contributed by atoms with Crippen molar-refractivity contribution in [2.24, 2.45) is 0 Å². The Labute approximate surface area is 470 Å². The zero-order chi connectivity index (χ0) is 56.1. The van der Waals surface area contributed by atoms with Crippen LogP contribution in [-0.4, -0.2) is 99.6 Å². The summed E-state index contributed by atoms with van der Waals surface area (Å²) in [6.45, 7) is 5.60. The molecule has 0 bridgehead atoms. The highest BCUT2D eigenvalue weighted by molar-refractivity contribution is 5.80. The number of carbonyl (C=O) groups excluding carboxylic acids is 2. The van der Waals surface area contributed by atoms with E-state index in [1.165, 1.54) is 161 Å². The average molecular weight is 1080 g/mol. The lowest BCUT2D eigenvalue weighted by Crippen LogP contribution is -2.61. The fourth-order valence-electron chi connectivity index (χ4n) is 9.44. The summed E-state index contributed by atoms with van der Waals surface area (Å²) in [5.74, 6) is -1.27. The second-order valence-corrected chi connectivity index (χ2v) is 21.5. The molecule has 0 aromatic rings. The molecule has 0 radical (unpaired) electrons. The van der Waals surface area contributed by atoms with E-state index in [1.54, 1.807) is 6.08 Å². The van der Waals surface area contributed by atoms with Crippen molar-refractivity contribution in [1.82, 2.24) is 5.32 Å². The van der Waals surface area contributed by atoms with E-state index in [9.17, 15) is 35.1 Å². The molecule has 0 aliphatic carbocycles. The molecule has 11 nitrogen and oxygen atoms in total. The Balaban J connectivity index is 2.68. The smallest absolute Gasteiger partial charge is 0.306 e. The van der Waals surface area contributed by atoms with Crippen LogP contribution in [0.2, 0.25) is 0 Å². The van der Waals surface area contributed by atoms with Crippen LogP contribution in [-0.2, 0) is 23.8 Å². The van der Waals surface area contributed by atoms with Crippen molar-refractivity contribution in [2.45, 2.75) is 307 Å². The lowest BCUT2D eigenvalue weighted by atomic mass is 9.99. The molecule has 1 heterocycles. The lowest BCUT2D eigenvalue weighted by Gasteiger charge is -2.41. The first-order chi connectivity index (χ1) is 37.7. The number of esters is 1. The van der Waals surface area contributed by atoms with Crippen molar-refractivity contribution < 1.29 is 49.3 Å². The number of aliphatic hydroxyl groups excluding tert-OH is 5. The van der Waals surface area contributed by atoms with E-state index in [-0.39, 0.29) is 19.4 Å². The second kappa shape index (κ2) is 53.5. The molecule has 1 aliphatic rings. The van der Waals surface area contributed by atoms with E-state index in [0.717, 1.165) is 44.9 Å². The van der Waals surface area contributed by atoms with E-state index >= 15 is 0 Å². The first-order valence-corrected chi connectivity index (χ1v) is 31.4. The van der Waals surface area contributed by atoms with Gasteiger partial charge < -0.3 is 45.1 Å². The van der Waals surface area contributed by atoms with E-state index in [0.29, 0.717) is 19.3 Å². The van der Waals surface area contributed by atoms with Crippen LogP contribution >= 0.6 is 0 Å². The first kappa shape index (κ1) is 71.9. The summed E-state index contributed by atoms with van der Waals surface area (Å²) in [5.41, 5.74) is 0. The van der Waals surface area contributed by atoms with Gasteiger partial charge in [-0.25, -0.2) is 0 Å². The molecule has 444 valence electrons. The zero-order valence-corrected chi connectivity index (χ0v) is 49.1. The molecule has 1 saturated heterocycles. The summed E-state index contributed by atoms with van der Waals surface area (Å²) in [7, 11) is 0. The molecule has 0 spiro atoms. The Hall–Kier alpha value is -3.16. The number of hydrogen-bond acceptors (Lipinski definition) is 10. The summed E-state index contributed by atoms with van der Waals surface area (Å²) in [4.78, 5) is 26.5. The maximum atomic E-state index is 13.4. The quantitative estimate of drug-likeness (QED) is 0.0149. The number of carbonyl (C=O) groups is 2. The topological polar surface area (TPSA) is 175 Å². The van der Waals surface area contributed by atoms with Crippen molar-refractivity contribution in [3.05, 3.63) is 85.1 Å². The van der Waals surface area contributed by atoms with Gasteiger partial charge in [0.25, 0.3) is 0 Å². The van der Waals surface area contributed by atoms with Gasteiger partial charge in [-0.1, -0.05) is 273 Å². The van der Waals surface area contributed by atoms with Crippen LogP contribution in [0.4, 0.5) is 0 Å². The molecule has 1 fully saturated rings. The minimum Gasteiger partial charge on any atom is -0.454 e. The van der Waals surface area contributed by atoms with Crippen molar-refractivity contribution >= 4 is 11.9 Å². The molecule has 0 saturated carbocycles. The molecule has 1 rings (SSSR count). The Morgan fingerprint density at radius 3 is 1.43 bits per heavy atom. The van der Waals surface area contributed by atoms with Crippen LogP contribution < -0.4 is 5.32 Å². The van der Waals surface area contributed by atoms with Crippen molar-refractivity contribution in [3.8, 4) is 0 Å². The third-order valence-corrected chi connectivity index (χ3v) is 14.4. The van der Waals surface area contributed by atoms with Gasteiger partial charge in [0.2, 0.25) is 5.91 Å². The molecule has 77 heavy (non-hydrogen) atoms. The summed E-state index contributed by atoms with van der Waals surface area (Å²) >= 11 is 0. The highest BCUT2D eigenvalue weighted by Gasteiger charge is 2.47. The van der Waals surface area contributed by atoms with Crippen LogP contribution in [0.1, 0.15) is 258 Å². The first-order valence-electron chi connectivity index (χ1n) is 31.4. The highest BCUT2D eigenvalue weighted by atomic mass is 16.7. The molecule has 8 atom stereocenters. The standard InChI is InChI=1S/C66H115NO10/c1-4-7-10-13-16-19-22-25-26-27-28-29-30-31-32-33-36-38-41-44-47-50-53-59(70)65(74)67-57(58(69)52-49-46-43-40-37-34-23-20-17-14-11-8-5-2)56-75-66-64(63(73)62(72)60(55-68)76-66)77-61(71)54-51-48-45-42-39-35-24-21-18-15-12-9-6-3/h9,12,15,18,21,24-26,35,39,42,45,49,52,57-60,62-64,66,68-70,72-73H,4-8,10-11,13-14,16-17,19-20,22-23,27-34,36-38,40-41,43-44,46-48,50-51,53-56H2,1-3H3,(H,67,74)/b12-9+,18-15+,24-21-,26-25+,39-35-,45-42+,52-49+. The largest absolute Gasteiger partial charge is 0.454 e. The van der Waals surface area contributed by atoms with Gasteiger partial charge in [-0.2, -0.15) is 0 Å². The third-order valence-electron chi connectivity index (χ3n) is 14.4. The Morgan fingerprint density at radius 1 is 0.519 bits per heavy atom. The maximum absolute atomic E-state index is 13.4. The normalized spacial score (nSPS) is 19.6. The maximum Gasteiger partial charge on any atom is 0.306 e. The van der Waals surface area contributed by atoms with Gasteiger partial charge >= 0.3 is 5.97 Å². The number of amides is 1. The zero-order valence-electron chi connectivity index (χ0n) is 49.1. The molecular weight excluding hydrogens is 967 g/mol. The monoisotopic (exact) mass is 1080 g/mol. The van der Waals surface area contributed by atoms with Crippen LogP contribution in [0.25, 0.3) is 0 Å². The van der Waals surface area contributed by atoms with Crippen molar-refractivity contribution in [2.75, 3.05) is 13.2 Å². The summed E-state index contributed by atoms with van der Waals surface area (Å²) in [5, 5.41) is 56.9. The van der Waals surface area contributed by atoms with Crippen molar-refractivity contribution in [1.29, 1.82) is 0 Å². The molecule has 8 unspecified atom stereocenters. The van der Waals surface area contributed by atoms with Crippen LogP contribution in [0, 0.1) is 0 Å². The van der Waals surface area contributed by atoms with Gasteiger partial charge in [-0.3, -0.25) is 9.59 Å². The van der Waals surface area contributed by atoms with Crippen molar-refractivity contribution in [3.63, 3.8) is 0 Å². The number of rotatable bonds is 52. The molecule has 6 N–H and O–H groups in total.